The molecule has 1 unspecified atom stereocenters. The van der Waals surface area contributed by atoms with Gasteiger partial charge in [-0.15, -0.1) is 0 Å². The summed E-state index contributed by atoms with van der Waals surface area (Å²) in [6.07, 6.45) is 2.27. The summed E-state index contributed by atoms with van der Waals surface area (Å²) in [7, 11) is 2.09. The number of rotatable bonds is 12. The minimum Gasteiger partial charge on any atom is -0.462 e. The Balaban J connectivity index is 1.20. The van der Waals surface area contributed by atoms with Crippen molar-refractivity contribution in [3.63, 3.8) is 0 Å². The number of hydrogen-bond donors (Lipinski definition) is 2. The molecule has 2 fully saturated rings. The molecular formula is C33H43N7O4. The lowest BCUT2D eigenvalue weighted by molar-refractivity contribution is 0.00184. The molecule has 11 heteroatoms. The van der Waals surface area contributed by atoms with Crippen LogP contribution in [0.4, 0.5) is 11.5 Å². The van der Waals surface area contributed by atoms with Gasteiger partial charge in [-0.05, 0) is 31.3 Å². The molecule has 11 nitrogen and oxygen atoms in total. The fourth-order valence-electron chi connectivity index (χ4n) is 6.62. The van der Waals surface area contributed by atoms with Crippen LogP contribution in [0.2, 0.25) is 0 Å². The second-order valence-corrected chi connectivity index (χ2v) is 11.9. The van der Waals surface area contributed by atoms with Crippen LogP contribution in [0.3, 0.4) is 0 Å². The first kappa shape index (κ1) is 30.5. The van der Waals surface area contributed by atoms with Crippen LogP contribution in [0.1, 0.15) is 24.1 Å². The number of nitrogens with zero attached hydrogens (tertiary/aromatic N) is 6. The molecule has 6 rings (SSSR count). The molecule has 1 aromatic heterocycles. The van der Waals surface area contributed by atoms with Gasteiger partial charge >= 0.3 is 6.01 Å². The lowest BCUT2D eigenvalue weighted by Crippen LogP contribution is -2.51. The third kappa shape index (κ3) is 7.06. The van der Waals surface area contributed by atoms with E-state index in [1.54, 1.807) is 0 Å². The molecule has 2 saturated heterocycles. The predicted octanol–water partition coefficient (Wildman–Crippen LogP) is 2.36. The maximum Gasteiger partial charge on any atom is 0.318 e. The van der Waals surface area contributed by atoms with Crippen molar-refractivity contribution in [2.45, 2.75) is 44.0 Å². The van der Waals surface area contributed by atoms with Crippen LogP contribution in [-0.2, 0) is 22.4 Å². The highest BCUT2D eigenvalue weighted by Gasteiger charge is 2.32. The molecule has 2 aromatic carbocycles. The number of piperazine rings is 1. The third-order valence-electron chi connectivity index (χ3n) is 8.89. The highest BCUT2D eigenvalue weighted by Crippen LogP contribution is 2.34. The minimum atomic E-state index is 0.0222. The lowest BCUT2D eigenvalue weighted by Gasteiger charge is -2.37. The number of nitrogens with one attached hydrogen (secondary N) is 1. The summed E-state index contributed by atoms with van der Waals surface area (Å²) < 4.78 is 17.7. The van der Waals surface area contributed by atoms with E-state index < -0.39 is 0 Å². The zero-order valence-electron chi connectivity index (χ0n) is 25.5. The van der Waals surface area contributed by atoms with Crippen LogP contribution >= 0.6 is 0 Å². The minimum absolute atomic E-state index is 0.0222. The number of benzene rings is 2. The van der Waals surface area contributed by atoms with Gasteiger partial charge in [0.2, 0.25) is 0 Å². The number of anilines is 2. The average Bonchev–Trinajstić information content (AvgIpc) is 3.41. The molecule has 3 aromatic rings. The van der Waals surface area contributed by atoms with Crippen LogP contribution in [0, 0.1) is 11.3 Å². The number of likely N-dealkylation sites (tertiary alicyclic amines) is 1. The molecule has 3 aliphatic heterocycles. The van der Waals surface area contributed by atoms with Crippen molar-refractivity contribution in [2.24, 2.45) is 0 Å². The molecule has 0 aliphatic carbocycles. The third-order valence-corrected chi connectivity index (χ3v) is 8.89. The van der Waals surface area contributed by atoms with E-state index in [1.165, 1.54) is 22.0 Å². The summed E-state index contributed by atoms with van der Waals surface area (Å²) in [6, 6.07) is 18.0. The summed E-state index contributed by atoms with van der Waals surface area (Å²) in [6.45, 7) is 6.56. The quantitative estimate of drug-likeness (QED) is 0.298. The van der Waals surface area contributed by atoms with Gasteiger partial charge in [0.15, 0.2) is 0 Å². The zero-order chi connectivity index (χ0) is 30.3. The van der Waals surface area contributed by atoms with Crippen molar-refractivity contribution < 1.29 is 19.3 Å². The Morgan fingerprint density at radius 2 is 1.93 bits per heavy atom. The van der Waals surface area contributed by atoms with Gasteiger partial charge in [-0.3, -0.25) is 4.90 Å². The van der Waals surface area contributed by atoms with Gasteiger partial charge in [0.25, 0.3) is 0 Å². The SMILES string of the molecule is CN1C[C@H](OCCOCCO)C[C@H]1COc1nc2c(c(N3CCNC(CC#N)C3)n1)CCN(c1cccc3ccccc13)C2. The van der Waals surface area contributed by atoms with Gasteiger partial charge in [0, 0.05) is 61.4 Å². The molecule has 3 atom stereocenters. The first-order valence-corrected chi connectivity index (χ1v) is 15.7. The van der Waals surface area contributed by atoms with Crippen LogP contribution in [0.5, 0.6) is 6.01 Å². The molecule has 4 heterocycles. The smallest absolute Gasteiger partial charge is 0.318 e. The number of aromatic nitrogens is 2. The van der Waals surface area contributed by atoms with Gasteiger partial charge in [0.05, 0.1) is 57.3 Å². The second kappa shape index (κ2) is 14.5. The first-order valence-electron chi connectivity index (χ1n) is 15.7. The molecule has 0 spiro atoms. The number of aliphatic hydroxyl groups excluding tert-OH is 1. The van der Waals surface area contributed by atoms with Gasteiger partial charge < -0.3 is 34.4 Å². The highest BCUT2D eigenvalue weighted by atomic mass is 16.5. The van der Waals surface area contributed by atoms with E-state index >= 15 is 0 Å². The van der Waals surface area contributed by atoms with E-state index in [0.29, 0.717) is 45.4 Å². The van der Waals surface area contributed by atoms with Crippen molar-refractivity contribution in [3.05, 3.63) is 53.7 Å². The summed E-state index contributed by atoms with van der Waals surface area (Å²) in [4.78, 5) is 17.0. The Kier molecular flexibility index (Phi) is 10.0. The van der Waals surface area contributed by atoms with E-state index in [1.807, 2.05) is 0 Å². The van der Waals surface area contributed by atoms with Gasteiger partial charge in [0.1, 0.15) is 12.4 Å². The van der Waals surface area contributed by atoms with Crippen LogP contribution in [0.15, 0.2) is 42.5 Å². The fraction of sp³-hybridized carbons (Fsp3) is 0.545. The maximum absolute atomic E-state index is 9.33. The molecule has 0 radical (unpaired) electrons. The zero-order valence-corrected chi connectivity index (χ0v) is 25.5. The first-order chi connectivity index (χ1) is 21.6. The predicted molar refractivity (Wildman–Crippen MR) is 169 cm³/mol. The monoisotopic (exact) mass is 601 g/mol. The summed E-state index contributed by atoms with van der Waals surface area (Å²) in [5.41, 5.74) is 3.40. The molecule has 3 aliphatic rings. The molecule has 234 valence electrons. The molecule has 44 heavy (non-hydrogen) atoms. The molecular weight excluding hydrogens is 558 g/mol. The Hall–Kier alpha value is -3.53. The van der Waals surface area contributed by atoms with Crippen LogP contribution in [0.25, 0.3) is 10.8 Å². The number of nitriles is 1. The number of aliphatic hydroxyl groups is 1. The topological polar surface area (TPSA) is 119 Å². The Morgan fingerprint density at radius 1 is 1.05 bits per heavy atom. The number of hydrogen-bond acceptors (Lipinski definition) is 11. The van der Waals surface area contributed by atoms with Gasteiger partial charge in [-0.2, -0.15) is 15.2 Å². The average molecular weight is 602 g/mol. The largest absolute Gasteiger partial charge is 0.462 e. The normalized spacial score (nSPS) is 22.2. The molecule has 0 saturated carbocycles. The fourth-order valence-corrected chi connectivity index (χ4v) is 6.62. The molecule has 0 bridgehead atoms. The molecule has 0 amide bonds. The van der Waals surface area contributed by atoms with Crippen LogP contribution in [-0.4, -0.2) is 111 Å². The van der Waals surface area contributed by atoms with Crippen molar-refractivity contribution in [1.29, 1.82) is 5.26 Å². The van der Waals surface area contributed by atoms with E-state index in [9.17, 15) is 5.26 Å². The van der Waals surface area contributed by atoms with Crippen molar-refractivity contribution in [2.75, 3.05) is 82.6 Å². The number of ether oxygens (including phenoxy) is 3. The van der Waals surface area contributed by atoms with E-state index in [0.717, 1.165) is 57.1 Å². The van der Waals surface area contributed by atoms with Gasteiger partial charge in [-0.1, -0.05) is 36.4 Å². The number of fused-ring (bicyclic) bond motifs is 2. The Labute approximate surface area is 259 Å². The van der Waals surface area contributed by atoms with Crippen molar-refractivity contribution >= 4 is 22.3 Å². The second-order valence-electron chi connectivity index (χ2n) is 11.9. The van der Waals surface area contributed by atoms with E-state index in [-0.39, 0.29) is 24.8 Å². The van der Waals surface area contributed by atoms with Gasteiger partial charge in [-0.25, -0.2) is 0 Å². The van der Waals surface area contributed by atoms with Crippen LogP contribution < -0.4 is 19.9 Å². The standard InChI is InChI=1S/C33H43N7O4/c1-38-21-27(43-18-17-42-16-15-41)19-26(38)23-44-33-36-30-22-39(31-8-4-6-24-5-2-3-7-28(24)31)13-10-29(30)32(37-33)40-14-12-35-25(20-40)9-11-34/h2-8,25-27,35,41H,9-10,12-23H2,1H3/t25?,26-,27+/m0/s1. The van der Waals surface area contributed by atoms with Crippen molar-refractivity contribution in [3.8, 4) is 12.1 Å². The Bertz CT molecular complexity index is 1440. The Morgan fingerprint density at radius 3 is 2.82 bits per heavy atom. The maximum atomic E-state index is 9.33. The lowest BCUT2D eigenvalue weighted by atomic mass is 10.0. The van der Waals surface area contributed by atoms with E-state index in [2.05, 4.69) is 75.6 Å². The highest BCUT2D eigenvalue weighted by molar-refractivity contribution is 5.94. The summed E-state index contributed by atoms with van der Waals surface area (Å²) >= 11 is 0. The molecule has 2 N–H and O–H groups in total. The van der Waals surface area contributed by atoms with Crippen molar-refractivity contribution in [1.82, 2.24) is 20.2 Å². The summed E-state index contributed by atoms with van der Waals surface area (Å²) in [5.74, 6) is 0.941. The number of likely N-dealkylation sites (N-methyl/N-ethyl adjacent to an activating group) is 1. The summed E-state index contributed by atoms with van der Waals surface area (Å²) in [5, 5.41) is 24.2. The van der Waals surface area contributed by atoms with E-state index in [4.69, 9.17) is 29.3 Å².